The molecule has 0 spiro atoms. The Morgan fingerprint density at radius 3 is 2.82 bits per heavy atom. The quantitative estimate of drug-likeness (QED) is 0.828. The molecule has 0 aliphatic carbocycles. The molecule has 17 heavy (non-hydrogen) atoms. The Bertz CT molecular complexity index is 367. The predicted octanol–water partition coefficient (Wildman–Crippen LogP) is 1.30. The van der Waals surface area contributed by atoms with Gasteiger partial charge in [0.15, 0.2) is 0 Å². The van der Waals surface area contributed by atoms with Gasteiger partial charge in [0.25, 0.3) is 0 Å². The first-order chi connectivity index (χ1) is 8.24. The molecule has 2 rings (SSSR count). The lowest BCUT2D eigenvalue weighted by atomic mass is 9.91. The van der Waals surface area contributed by atoms with Crippen molar-refractivity contribution in [3.05, 3.63) is 35.9 Å². The first kappa shape index (κ1) is 11.9. The molecule has 1 aliphatic rings. The number of amides is 1. The van der Waals surface area contributed by atoms with E-state index in [0.717, 1.165) is 19.4 Å². The van der Waals surface area contributed by atoms with Gasteiger partial charge >= 0.3 is 6.09 Å². The van der Waals surface area contributed by atoms with Crippen molar-refractivity contribution in [2.24, 2.45) is 11.7 Å². The molecule has 2 atom stereocenters. The van der Waals surface area contributed by atoms with E-state index >= 15 is 0 Å². The second kappa shape index (κ2) is 5.68. The Hall–Kier alpha value is -1.55. The lowest BCUT2D eigenvalue weighted by Gasteiger charge is -2.29. The topological polar surface area (TPSA) is 64.4 Å². The first-order valence-corrected chi connectivity index (χ1v) is 5.95. The maximum absolute atomic E-state index is 10.7. The van der Waals surface area contributed by atoms with E-state index in [1.54, 1.807) is 0 Å². The highest BCUT2D eigenvalue weighted by atomic mass is 16.6. The molecule has 0 aromatic heterocycles. The van der Waals surface area contributed by atoms with Crippen molar-refractivity contribution < 1.29 is 9.53 Å². The van der Waals surface area contributed by atoms with Crippen LogP contribution in [-0.2, 0) is 11.2 Å². The fourth-order valence-electron chi connectivity index (χ4n) is 2.34. The minimum Gasteiger partial charge on any atom is -0.445 e. The number of carbonyl (C=O) groups is 1. The van der Waals surface area contributed by atoms with Gasteiger partial charge in [-0.3, -0.25) is 0 Å². The van der Waals surface area contributed by atoms with Gasteiger partial charge in [0, 0.05) is 6.54 Å². The van der Waals surface area contributed by atoms with Crippen LogP contribution in [0.2, 0.25) is 0 Å². The van der Waals surface area contributed by atoms with Crippen LogP contribution in [0.15, 0.2) is 30.3 Å². The van der Waals surface area contributed by atoms with E-state index in [9.17, 15) is 4.79 Å². The van der Waals surface area contributed by atoms with Crippen LogP contribution < -0.4 is 11.1 Å². The van der Waals surface area contributed by atoms with Gasteiger partial charge in [-0.25, -0.2) is 4.79 Å². The second-order valence-corrected chi connectivity index (χ2v) is 4.51. The summed E-state index contributed by atoms with van der Waals surface area (Å²) in [5, 5.41) is 3.28. The van der Waals surface area contributed by atoms with Crippen molar-refractivity contribution in [1.82, 2.24) is 5.32 Å². The molecule has 1 unspecified atom stereocenters. The SMILES string of the molecule is NC(=O)O[C@@H]1CNCC(Cc2ccccc2)C1. The Labute approximate surface area is 101 Å². The number of benzene rings is 1. The summed E-state index contributed by atoms with van der Waals surface area (Å²) >= 11 is 0. The maximum atomic E-state index is 10.7. The number of primary amides is 1. The summed E-state index contributed by atoms with van der Waals surface area (Å²) < 4.78 is 5.04. The summed E-state index contributed by atoms with van der Waals surface area (Å²) in [7, 11) is 0. The molecule has 0 radical (unpaired) electrons. The third kappa shape index (κ3) is 3.75. The van der Waals surface area contributed by atoms with E-state index in [4.69, 9.17) is 10.5 Å². The molecule has 1 saturated heterocycles. The normalized spacial score (nSPS) is 24.2. The summed E-state index contributed by atoms with van der Waals surface area (Å²) in [5.74, 6) is 0.496. The van der Waals surface area contributed by atoms with E-state index < -0.39 is 6.09 Å². The van der Waals surface area contributed by atoms with Crippen LogP contribution in [-0.4, -0.2) is 25.3 Å². The molecule has 1 amide bonds. The lowest BCUT2D eigenvalue weighted by molar-refractivity contribution is 0.0750. The number of nitrogens with one attached hydrogen (secondary N) is 1. The van der Waals surface area contributed by atoms with Crippen LogP contribution in [0.4, 0.5) is 4.79 Å². The van der Waals surface area contributed by atoms with Crippen molar-refractivity contribution in [2.75, 3.05) is 13.1 Å². The Morgan fingerprint density at radius 2 is 2.12 bits per heavy atom. The van der Waals surface area contributed by atoms with Gasteiger partial charge < -0.3 is 15.8 Å². The Balaban J connectivity index is 1.87. The van der Waals surface area contributed by atoms with Gasteiger partial charge in [0.05, 0.1) is 0 Å². The van der Waals surface area contributed by atoms with Gasteiger partial charge in [-0.1, -0.05) is 30.3 Å². The Kier molecular flexibility index (Phi) is 3.98. The zero-order chi connectivity index (χ0) is 12.1. The summed E-state index contributed by atoms with van der Waals surface area (Å²) in [6.07, 6.45) is 1.12. The number of nitrogens with two attached hydrogens (primary N) is 1. The highest BCUT2D eigenvalue weighted by molar-refractivity contribution is 5.64. The van der Waals surface area contributed by atoms with Crippen molar-refractivity contribution in [1.29, 1.82) is 0 Å². The van der Waals surface area contributed by atoms with Crippen molar-refractivity contribution in [2.45, 2.75) is 18.9 Å². The number of piperidine rings is 1. The van der Waals surface area contributed by atoms with Crippen LogP contribution in [0.5, 0.6) is 0 Å². The van der Waals surface area contributed by atoms with E-state index in [1.165, 1.54) is 5.56 Å². The van der Waals surface area contributed by atoms with Crippen LogP contribution in [0.1, 0.15) is 12.0 Å². The molecule has 1 aliphatic heterocycles. The van der Waals surface area contributed by atoms with E-state index in [0.29, 0.717) is 12.5 Å². The van der Waals surface area contributed by atoms with E-state index in [-0.39, 0.29) is 6.10 Å². The molecule has 1 heterocycles. The number of ether oxygens (including phenoxy) is 1. The maximum Gasteiger partial charge on any atom is 0.404 e. The molecule has 92 valence electrons. The standard InChI is InChI=1S/C13H18N2O2/c14-13(16)17-12-7-11(8-15-9-12)6-10-4-2-1-3-5-10/h1-5,11-12,15H,6-9H2,(H2,14,16)/t11?,12-/m0/s1. The van der Waals surface area contributed by atoms with Gasteiger partial charge in [0.1, 0.15) is 6.10 Å². The van der Waals surface area contributed by atoms with Gasteiger partial charge in [-0.2, -0.15) is 0 Å². The molecule has 0 saturated carbocycles. The van der Waals surface area contributed by atoms with Crippen LogP contribution >= 0.6 is 0 Å². The fraction of sp³-hybridized carbons (Fsp3) is 0.462. The number of hydrogen-bond acceptors (Lipinski definition) is 3. The van der Waals surface area contributed by atoms with Gasteiger partial charge in [-0.15, -0.1) is 0 Å². The van der Waals surface area contributed by atoms with E-state index in [1.807, 2.05) is 18.2 Å². The van der Waals surface area contributed by atoms with Crippen molar-refractivity contribution in [3.63, 3.8) is 0 Å². The number of carbonyl (C=O) groups excluding carboxylic acids is 1. The minimum absolute atomic E-state index is 0.0880. The van der Waals surface area contributed by atoms with Crippen LogP contribution in [0, 0.1) is 5.92 Å². The highest BCUT2D eigenvalue weighted by Gasteiger charge is 2.23. The Morgan fingerprint density at radius 1 is 1.35 bits per heavy atom. The van der Waals surface area contributed by atoms with Crippen LogP contribution in [0.25, 0.3) is 0 Å². The largest absolute Gasteiger partial charge is 0.445 e. The van der Waals surface area contributed by atoms with Crippen molar-refractivity contribution in [3.8, 4) is 0 Å². The molecular weight excluding hydrogens is 216 g/mol. The number of rotatable bonds is 3. The van der Waals surface area contributed by atoms with Crippen LogP contribution in [0.3, 0.4) is 0 Å². The summed E-state index contributed by atoms with van der Waals surface area (Å²) in [6, 6.07) is 10.4. The molecule has 1 fully saturated rings. The average molecular weight is 234 g/mol. The monoisotopic (exact) mass is 234 g/mol. The molecule has 4 heteroatoms. The molecular formula is C13H18N2O2. The molecule has 1 aromatic rings. The zero-order valence-electron chi connectivity index (χ0n) is 9.76. The molecule has 1 aromatic carbocycles. The van der Waals surface area contributed by atoms with Crippen molar-refractivity contribution >= 4 is 6.09 Å². The first-order valence-electron chi connectivity index (χ1n) is 5.95. The zero-order valence-corrected chi connectivity index (χ0v) is 9.76. The summed E-state index contributed by atoms with van der Waals surface area (Å²) in [5.41, 5.74) is 6.35. The highest BCUT2D eigenvalue weighted by Crippen LogP contribution is 2.18. The second-order valence-electron chi connectivity index (χ2n) is 4.51. The lowest BCUT2D eigenvalue weighted by Crippen LogP contribution is -2.43. The fourth-order valence-corrected chi connectivity index (χ4v) is 2.34. The van der Waals surface area contributed by atoms with Gasteiger partial charge in [0.2, 0.25) is 0 Å². The van der Waals surface area contributed by atoms with Gasteiger partial charge in [-0.05, 0) is 30.9 Å². The third-order valence-corrected chi connectivity index (χ3v) is 3.05. The minimum atomic E-state index is -0.683. The molecule has 4 nitrogen and oxygen atoms in total. The molecule has 0 bridgehead atoms. The predicted molar refractivity (Wildman–Crippen MR) is 65.6 cm³/mol. The van der Waals surface area contributed by atoms with E-state index in [2.05, 4.69) is 17.4 Å². The molecule has 3 N–H and O–H groups in total. The average Bonchev–Trinajstić information content (AvgIpc) is 2.30. The smallest absolute Gasteiger partial charge is 0.404 e. The summed E-state index contributed by atoms with van der Waals surface area (Å²) in [6.45, 7) is 1.67. The number of hydrogen-bond donors (Lipinski definition) is 2. The summed E-state index contributed by atoms with van der Waals surface area (Å²) in [4.78, 5) is 10.7. The third-order valence-electron chi connectivity index (χ3n) is 3.05.